The Kier molecular flexibility index (Phi) is 7.03. The Bertz CT molecular complexity index is 1240. The molecule has 0 bridgehead atoms. The predicted octanol–water partition coefficient (Wildman–Crippen LogP) is 9.06. The quantitative estimate of drug-likeness (QED) is 0.239. The summed E-state index contributed by atoms with van der Waals surface area (Å²) in [6.45, 7) is 13.3. The number of halogens is 1. The van der Waals surface area contributed by atoms with E-state index in [1.54, 1.807) is 0 Å². The summed E-state index contributed by atoms with van der Waals surface area (Å²) in [4.78, 5) is 0. The van der Waals surface area contributed by atoms with Crippen molar-refractivity contribution in [3.63, 3.8) is 0 Å². The van der Waals surface area contributed by atoms with Gasteiger partial charge in [-0.2, -0.15) is 0 Å². The highest BCUT2D eigenvalue weighted by Gasteiger charge is 2.17. The third-order valence-corrected chi connectivity index (χ3v) is 7.84. The number of hydrogen-bond acceptors (Lipinski definition) is 0. The lowest BCUT2D eigenvalue weighted by molar-refractivity contribution is 1.32. The third-order valence-electron chi connectivity index (χ3n) is 6.14. The van der Waals surface area contributed by atoms with Gasteiger partial charge >= 0.3 is 0 Å². The molecular formula is C31H30BrP. The van der Waals surface area contributed by atoms with Crippen LogP contribution in [0.4, 0.5) is 0 Å². The molecule has 0 atom stereocenters. The molecule has 0 saturated heterocycles. The highest BCUT2D eigenvalue weighted by atomic mass is 79.9. The van der Waals surface area contributed by atoms with Crippen LogP contribution in [0, 0.1) is 41.5 Å². The number of benzene rings is 4. The molecule has 166 valence electrons. The second-order valence-electron chi connectivity index (χ2n) is 9.06. The fourth-order valence-corrected chi connectivity index (χ4v) is 6.35. The monoisotopic (exact) mass is 512 g/mol. The fourth-order valence-electron chi connectivity index (χ4n) is 4.98. The summed E-state index contributed by atoms with van der Waals surface area (Å²) in [5.41, 5.74) is 14.6. The summed E-state index contributed by atoms with van der Waals surface area (Å²) < 4.78 is 1.11. The predicted molar refractivity (Wildman–Crippen MR) is 152 cm³/mol. The second kappa shape index (κ2) is 9.80. The van der Waals surface area contributed by atoms with E-state index in [2.05, 4.69) is 130 Å². The Hall–Kier alpha value is -2.47. The molecule has 33 heavy (non-hydrogen) atoms. The van der Waals surface area contributed by atoms with Crippen molar-refractivity contribution in [2.45, 2.75) is 41.5 Å². The lowest BCUT2D eigenvalue weighted by Crippen LogP contribution is -2.07. The first-order chi connectivity index (χ1) is 15.7. The van der Waals surface area contributed by atoms with Crippen LogP contribution in [0.3, 0.4) is 0 Å². The van der Waals surface area contributed by atoms with E-state index in [4.69, 9.17) is 0 Å². The van der Waals surface area contributed by atoms with Gasteiger partial charge in [0.25, 0.3) is 0 Å². The maximum absolute atomic E-state index is 3.55. The molecule has 0 aliphatic rings. The minimum absolute atomic E-state index is 1.11. The molecule has 4 aromatic carbocycles. The molecule has 0 aliphatic carbocycles. The van der Waals surface area contributed by atoms with Crippen molar-refractivity contribution in [2.24, 2.45) is 0 Å². The van der Waals surface area contributed by atoms with Crippen molar-refractivity contribution < 1.29 is 0 Å². The van der Waals surface area contributed by atoms with Crippen LogP contribution in [0.15, 0.2) is 71.2 Å². The second-order valence-corrected chi connectivity index (χ2v) is 10.9. The summed E-state index contributed by atoms with van der Waals surface area (Å²) in [5, 5.41) is 1.37. The molecule has 2 heteroatoms. The van der Waals surface area contributed by atoms with Gasteiger partial charge in [-0.1, -0.05) is 89.9 Å². The van der Waals surface area contributed by atoms with Gasteiger partial charge in [-0.05, 0) is 110 Å². The zero-order chi connectivity index (χ0) is 23.7. The minimum atomic E-state index is 1.11. The van der Waals surface area contributed by atoms with E-state index in [1.165, 1.54) is 74.7 Å². The molecule has 4 aromatic rings. The van der Waals surface area contributed by atoms with E-state index in [-0.39, 0.29) is 0 Å². The lowest BCUT2D eigenvalue weighted by atomic mass is 9.89. The molecule has 0 unspecified atom stereocenters. The van der Waals surface area contributed by atoms with Crippen molar-refractivity contribution in [2.75, 3.05) is 0 Å². The normalized spacial score (nSPS) is 11.4. The van der Waals surface area contributed by atoms with Crippen LogP contribution in [0.25, 0.3) is 22.3 Å². The van der Waals surface area contributed by atoms with Crippen molar-refractivity contribution in [3.05, 3.63) is 110 Å². The maximum Gasteiger partial charge on any atom is 0.0175 e. The molecule has 0 N–H and O–H groups in total. The Labute approximate surface area is 208 Å². The van der Waals surface area contributed by atoms with Gasteiger partial charge < -0.3 is 0 Å². The van der Waals surface area contributed by atoms with E-state index >= 15 is 0 Å². The molecule has 0 aliphatic heterocycles. The first-order valence-electron chi connectivity index (χ1n) is 11.3. The minimum Gasteiger partial charge on any atom is -0.0665 e. The summed E-state index contributed by atoms with van der Waals surface area (Å²) >= 11 is 3.55. The van der Waals surface area contributed by atoms with Crippen LogP contribution in [-0.4, -0.2) is 5.80 Å². The van der Waals surface area contributed by atoms with Gasteiger partial charge in [0.05, 0.1) is 0 Å². The number of aryl methyl sites for hydroxylation is 6. The van der Waals surface area contributed by atoms with Crippen LogP contribution in [0.5, 0.6) is 0 Å². The van der Waals surface area contributed by atoms with Crippen LogP contribution < -0.4 is 5.30 Å². The van der Waals surface area contributed by atoms with Crippen molar-refractivity contribution in [1.82, 2.24) is 0 Å². The van der Waals surface area contributed by atoms with Gasteiger partial charge in [-0.25, -0.2) is 0 Å². The van der Waals surface area contributed by atoms with E-state index in [9.17, 15) is 0 Å². The highest BCUT2D eigenvalue weighted by molar-refractivity contribution is 9.10. The summed E-state index contributed by atoms with van der Waals surface area (Å²) in [7, 11) is 1.20. The van der Waals surface area contributed by atoms with Crippen LogP contribution in [0.1, 0.15) is 38.9 Å². The van der Waals surface area contributed by atoms with E-state index in [0.717, 1.165) is 4.47 Å². The van der Waals surface area contributed by atoms with Gasteiger partial charge in [0.2, 0.25) is 0 Å². The first kappa shape index (κ1) is 23.7. The van der Waals surface area contributed by atoms with Gasteiger partial charge in [0.1, 0.15) is 0 Å². The SMILES string of the molecule is Cc1cc(C)c(-c2cccc(-c3c(C)cc(C)cc3C)c2P=Cc2ccc(Br)cc2)c(C)c1. The first-order valence-corrected chi connectivity index (χ1v) is 13.1. The molecular weight excluding hydrogens is 483 g/mol. The fraction of sp³-hybridized carbons (Fsp3) is 0.194. The topological polar surface area (TPSA) is 0 Å². The number of hydrogen-bond donors (Lipinski definition) is 0. The standard InChI is InChI=1S/C31H30BrP/c1-19-14-21(3)29(22(4)15-19)27-8-7-9-28(30-23(5)16-20(2)17-24(30)6)31(27)33-18-25-10-12-26(32)13-11-25/h7-18H,1-6H3. The van der Waals surface area contributed by atoms with Gasteiger partial charge in [0.15, 0.2) is 0 Å². The summed E-state index contributed by atoms with van der Waals surface area (Å²) in [6.07, 6.45) is 0. The molecule has 0 fully saturated rings. The van der Waals surface area contributed by atoms with Crippen molar-refractivity contribution in [3.8, 4) is 22.3 Å². The van der Waals surface area contributed by atoms with Gasteiger partial charge in [0, 0.05) is 9.78 Å². The largest absolute Gasteiger partial charge is 0.0665 e. The van der Waals surface area contributed by atoms with Crippen LogP contribution in [-0.2, 0) is 0 Å². The van der Waals surface area contributed by atoms with E-state index < -0.39 is 0 Å². The van der Waals surface area contributed by atoms with Crippen molar-refractivity contribution in [1.29, 1.82) is 0 Å². The molecule has 4 rings (SSSR count). The van der Waals surface area contributed by atoms with Crippen LogP contribution >= 0.6 is 24.1 Å². The molecule has 0 saturated carbocycles. The Morgan fingerprint density at radius 2 is 1.03 bits per heavy atom. The lowest BCUT2D eigenvalue weighted by Gasteiger charge is -2.19. The zero-order valence-corrected chi connectivity index (χ0v) is 22.7. The Morgan fingerprint density at radius 3 is 1.45 bits per heavy atom. The molecule has 0 heterocycles. The maximum atomic E-state index is 3.55. The Balaban J connectivity index is 2.01. The third kappa shape index (κ3) is 5.06. The van der Waals surface area contributed by atoms with Crippen molar-refractivity contribution >= 4 is 35.2 Å². The van der Waals surface area contributed by atoms with E-state index in [0.29, 0.717) is 0 Å². The van der Waals surface area contributed by atoms with Gasteiger partial charge in [-0.15, -0.1) is 0 Å². The molecule has 0 spiro atoms. The molecule has 0 radical (unpaired) electrons. The smallest absolute Gasteiger partial charge is 0.0175 e. The van der Waals surface area contributed by atoms with Crippen LogP contribution in [0.2, 0.25) is 0 Å². The highest BCUT2D eigenvalue weighted by Crippen LogP contribution is 2.35. The molecule has 0 aromatic heterocycles. The average Bonchev–Trinajstić information content (AvgIpc) is 2.73. The summed E-state index contributed by atoms with van der Waals surface area (Å²) in [5.74, 6) is 2.33. The molecule has 0 nitrogen and oxygen atoms in total. The Morgan fingerprint density at radius 1 is 0.606 bits per heavy atom. The number of rotatable bonds is 4. The zero-order valence-electron chi connectivity index (χ0n) is 20.3. The summed E-state index contributed by atoms with van der Waals surface area (Å²) in [6, 6.07) is 24.6. The van der Waals surface area contributed by atoms with E-state index in [1.807, 2.05) is 0 Å². The average molecular weight is 513 g/mol. The van der Waals surface area contributed by atoms with Gasteiger partial charge in [-0.3, -0.25) is 0 Å². The molecule has 0 amide bonds.